The van der Waals surface area contributed by atoms with Crippen LogP contribution in [-0.4, -0.2) is 26.8 Å². The van der Waals surface area contributed by atoms with Crippen LogP contribution in [0.5, 0.6) is 5.75 Å². The number of aromatic nitrogens is 2. The van der Waals surface area contributed by atoms with E-state index in [1.807, 2.05) is 0 Å². The Morgan fingerprint density at radius 2 is 1.83 bits per heavy atom. The zero-order valence-electron chi connectivity index (χ0n) is 16.0. The first-order chi connectivity index (χ1) is 13.9. The lowest BCUT2D eigenvalue weighted by Crippen LogP contribution is -2.53. The normalized spacial score (nSPS) is 19.6. The van der Waals surface area contributed by atoms with Crippen LogP contribution in [-0.2, 0) is 0 Å². The van der Waals surface area contributed by atoms with Gasteiger partial charge in [0.25, 0.3) is 0 Å². The fraction of sp³-hybridized carbons (Fsp3) is 0.227. The Morgan fingerprint density at radius 1 is 1.14 bits per heavy atom. The quantitative estimate of drug-likeness (QED) is 0.730. The summed E-state index contributed by atoms with van der Waals surface area (Å²) in [7, 11) is 0. The van der Waals surface area contributed by atoms with Crippen LogP contribution in [0.25, 0.3) is 0 Å². The lowest BCUT2D eigenvalue weighted by atomic mass is 9.84. The van der Waals surface area contributed by atoms with Crippen LogP contribution in [0, 0.1) is 17.1 Å². The molecule has 146 valence electrons. The van der Waals surface area contributed by atoms with Gasteiger partial charge in [-0.25, -0.2) is 14.4 Å². The standard InChI is InChI=1S/C22H19FN4O2/c1-22(2)20(28)19(17-12-14(13-24)4-9-18(17)29-22)27(21-25-10-3-11-26-21)16-7-5-15(23)6-8-16/h3-12,19-20,28H,1-2H3/t19?,20-/m1/s1. The van der Waals surface area contributed by atoms with E-state index in [0.717, 1.165) is 0 Å². The van der Waals surface area contributed by atoms with E-state index >= 15 is 0 Å². The van der Waals surface area contributed by atoms with Gasteiger partial charge in [-0.3, -0.25) is 0 Å². The molecule has 29 heavy (non-hydrogen) atoms. The highest BCUT2D eigenvalue weighted by atomic mass is 19.1. The summed E-state index contributed by atoms with van der Waals surface area (Å²) in [6.45, 7) is 3.58. The summed E-state index contributed by atoms with van der Waals surface area (Å²) >= 11 is 0. The zero-order valence-corrected chi connectivity index (χ0v) is 16.0. The first kappa shape index (κ1) is 18.8. The van der Waals surface area contributed by atoms with Crippen LogP contribution in [0.3, 0.4) is 0 Å². The van der Waals surface area contributed by atoms with E-state index in [1.165, 1.54) is 12.1 Å². The van der Waals surface area contributed by atoms with Crippen LogP contribution < -0.4 is 9.64 Å². The number of fused-ring (bicyclic) bond motifs is 1. The Bertz CT molecular complexity index is 1060. The van der Waals surface area contributed by atoms with Crippen molar-refractivity contribution >= 4 is 11.6 Å². The summed E-state index contributed by atoms with van der Waals surface area (Å²) in [5.41, 5.74) is 0.761. The van der Waals surface area contributed by atoms with Crippen LogP contribution in [0.2, 0.25) is 0 Å². The van der Waals surface area contributed by atoms with Gasteiger partial charge in [0.15, 0.2) is 0 Å². The molecule has 4 rings (SSSR count). The molecule has 0 saturated carbocycles. The van der Waals surface area contributed by atoms with E-state index in [0.29, 0.717) is 28.5 Å². The Labute approximate surface area is 167 Å². The van der Waals surface area contributed by atoms with Crippen molar-refractivity contribution in [1.82, 2.24) is 9.97 Å². The predicted molar refractivity (Wildman–Crippen MR) is 105 cm³/mol. The Morgan fingerprint density at radius 3 is 2.48 bits per heavy atom. The molecule has 0 radical (unpaired) electrons. The highest BCUT2D eigenvalue weighted by Gasteiger charge is 2.46. The SMILES string of the molecule is CC1(C)Oc2ccc(C#N)cc2C(N(c2ccc(F)cc2)c2ncccn2)[C@H]1O. The molecule has 2 aromatic carbocycles. The predicted octanol–water partition coefficient (Wildman–Crippen LogP) is 3.90. The van der Waals surface area contributed by atoms with Gasteiger partial charge in [-0.2, -0.15) is 5.26 Å². The van der Waals surface area contributed by atoms with Crippen molar-refractivity contribution in [3.63, 3.8) is 0 Å². The first-order valence-corrected chi connectivity index (χ1v) is 9.13. The minimum absolute atomic E-state index is 0.342. The molecule has 0 bridgehead atoms. The molecule has 2 atom stereocenters. The number of hydrogen-bond acceptors (Lipinski definition) is 6. The summed E-state index contributed by atoms with van der Waals surface area (Å²) in [5.74, 6) is 0.532. The van der Waals surface area contributed by atoms with E-state index in [2.05, 4.69) is 16.0 Å². The largest absolute Gasteiger partial charge is 0.485 e. The number of aliphatic hydroxyl groups excluding tert-OH is 1. The van der Waals surface area contributed by atoms with E-state index in [-0.39, 0.29) is 5.82 Å². The maximum atomic E-state index is 13.6. The van der Waals surface area contributed by atoms with Gasteiger partial charge in [0.05, 0.1) is 17.7 Å². The topological polar surface area (TPSA) is 82.3 Å². The van der Waals surface area contributed by atoms with Gasteiger partial charge in [0.1, 0.15) is 23.3 Å². The third-order valence-electron chi connectivity index (χ3n) is 4.99. The second kappa shape index (κ2) is 7.15. The number of aliphatic hydroxyl groups is 1. The molecule has 0 amide bonds. The second-order valence-corrected chi connectivity index (χ2v) is 7.35. The Hall–Kier alpha value is -3.50. The number of halogens is 1. The number of hydrogen-bond donors (Lipinski definition) is 1. The molecule has 1 N–H and O–H groups in total. The zero-order chi connectivity index (χ0) is 20.6. The van der Waals surface area contributed by atoms with Crippen molar-refractivity contribution in [2.75, 3.05) is 4.90 Å². The molecule has 0 fully saturated rings. The summed E-state index contributed by atoms with van der Waals surface area (Å²) in [5, 5.41) is 20.6. The highest BCUT2D eigenvalue weighted by molar-refractivity contribution is 5.62. The number of ether oxygens (including phenoxy) is 1. The average Bonchev–Trinajstić information content (AvgIpc) is 2.72. The van der Waals surface area contributed by atoms with Crippen molar-refractivity contribution in [2.45, 2.75) is 31.6 Å². The molecule has 2 heterocycles. The third kappa shape index (κ3) is 3.39. The maximum Gasteiger partial charge on any atom is 0.230 e. The van der Waals surface area contributed by atoms with Crippen molar-refractivity contribution in [2.24, 2.45) is 0 Å². The fourth-order valence-electron chi connectivity index (χ4n) is 3.53. The monoisotopic (exact) mass is 390 g/mol. The molecule has 0 spiro atoms. The molecule has 7 heteroatoms. The van der Waals surface area contributed by atoms with Crippen molar-refractivity contribution < 1.29 is 14.2 Å². The van der Waals surface area contributed by atoms with Crippen molar-refractivity contribution in [3.8, 4) is 11.8 Å². The highest BCUT2D eigenvalue weighted by Crippen LogP contribution is 2.46. The number of anilines is 2. The summed E-state index contributed by atoms with van der Waals surface area (Å²) in [6, 6.07) is 14.1. The van der Waals surface area contributed by atoms with Crippen LogP contribution in [0.15, 0.2) is 60.9 Å². The molecular formula is C22H19FN4O2. The summed E-state index contributed by atoms with van der Waals surface area (Å²) in [4.78, 5) is 10.5. The minimum Gasteiger partial charge on any atom is -0.485 e. The number of benzene rings is 2. The molecule has 1 aliphatic rings. The Kier molecular flexibility index (Phi) is 4.65. The molecular weight excluding hydrogens is 371 g/mol. The van der Waals surface area contributed by atoms with Gasteiger partial charge in [-0.1, -0.05) is 0 Å². The Balaban J connectivity index is 1.96. The van der Waals surface area contributed by atoms with Crippen molar-refractivity contribution in [3.05, 3.63) is 77.9 Å². The molecule has 1 unspecified atom stereocenters. The number of rotatable bonds is 3. The van der Waals surface area contributed by atoms with Gasteiger partial charge >= 0.3 is 0 Å². The van der Waals surface area contributed by atoms with E-state index < -0.39 is 17.7 Å². The van der Waals surface area contributed by atoms with E-state index in [9.17, 15) is 14.8 Å². The van der Waals surface area contributed by atoms with Gasteiger partial charge in [-0.05, 0) is 62.4 Å². The lowest BCUT2D eigenvalue weighted by molar-refractivity contribution is -0.0571. The molecule has 6 nitrogen and oxygen atoms in total. The lowest BCUT2D eigenvalue weighted by Gasteiger charge is -2.46. The summed E-state index contributed by atoms with van der Waals surface area (Å²) in [6.07, 6.45) is 2.21. The van der Waals surface area contributed by atoms with Gasteiger partial charge in [-0.15, -0.1) is 0 Å². The van der Waals surface area contributed by atoms with Crippen LogP contribution >= 0.6 is 0 Å². The van der Waals surface area contributed by atoms with E-state index in [4.69, 9.17) is 4.74 Å². The van der Waals surface area contributed by atoms with Gasteiger partial charge in [0.2, 0.25) is 5.95 Å². The van der Waals surface area contributed by atoms with Gasteiger partial charge < -0.3 is 14.7 Å². The van der Waals surface area contributed by atoms with E-state index in [1.54, 1.807) is 67.5 Å². The smallest absolute Gasteiger partial charge is 0.230 e. The number of nitrogens with zero attached hydrogens (tertiary/aromatic N) is 4. The molecule has 1 aromatic heterocycles. The molecule has 3 aromatic rings. The van der Waals surface area contributed by atoms with Crippen LogP contribution in [0.1, 0.15) is 31.0 Å². The van der Waals surface area contributed by atoms with Crippen molar-refractivity contribution in [1.29, 1.82) is 5.26 Å². The minimum atomic E-state index is -0.988. The first-order valence-electron chi connectivity index (χ1n) is 9.13. The molecule has 0 aliphatic carbocycles. The number of nitriles is 1. The fourth-order valence-corrected chi connectivity index (χ4v) is 3.53. The maximum absolute atomic E-state index is 13.6. The molecule has 0 saturated heterocycles. The second-order valence-electron chi connectivity index (χ2n) is 7.35. The third-order valence-corrected chi connectivity index (χ3v) is 4.99. The average molecular weight is 390 g/mol. The summed E-state index contributed by atoms with van der Waals surface area (Å²) < 4.78 is 19.6. The van der Waals surface area contributed by atoms with Gasteiger partial charge in [0, 0.05) is 23.6 Å². The van der Waals surface area contributed by atoms with Crippen LogP contribution in [0.4, 0.5) is 16.0 Å². The molecule has 1 aliphatic heterocycles.